The molecule has 1 aliphatic carbocycles. The van der Waals surface area contributed by atoms with Gasteiger partial charge in [-0.3, -0.25) is 4.90 Å². The Kier molecular flexibility index (Phi) is 4.26. The van der Waals surface area contributed by atoms with Crippen LogP contribution in [0.25, 0.3) is 0 Å². The van der Waals surface area contributed by atoms with Gasteiger partial charge in [-0.1, -0.05) is 27.2 Å². The van der Waals surface area contributed by atoms with E-state index in [2.05, 4.69) is 31.0 Å². The molecule has 1 saturated heterocycles. The summed E-state index contributed by atoms with van der Waals surface area (Å²) in [5.74, 6) is 1.85. The van der Waals surface area contributed by atoms with Gasteiger partial charge in [0, 0.05) is 18.6 Å². The van der Waals surface area contributed by atoms with E-state index in [1.165, 1.54) is 45.3 Å². The van der Waals surface area contributed by atoms with E-state index in [1.54, 1.807) is 0 Å². The predicted molar refractivity (Wildman–Crippen MR) is 69.6 cm³/mol. The lowest BCUT2D eigenvalue weighted by Gasteiger charge is -2.38. The normalized spacial score (nSPS) is 39.9. The fourth-order valence-electron chi connectivity index (χ4n) is 3.23. The molecule has 0 amide bonds. The Balaban J connectivity index is 1.74. The highest BCUT2D eigenvalue weighted by atomic mass is 15.2. The van der Waals surface area contributed by atoms with Crippen LogP contribution in [-0.2, 0) is 0 Å². The molecular formula is C14H28N2. The summed E-state index contributed by atoms with van der Waals surface area (Å²) in [6.07, 6.45) is 5.46. The van der Waals surface area contributed by atoms with Crippen molar-refractivity contribution in [1.82, 2.24) is 10.2 Å². The smallest absolute Gasteiger partial charge is 0.0127 e. The van der Waals surface area contributed by atoms with E-state index in [4.69, 9.17) is 0 Å². The quantitative estimate of drug-likeness (QED) is 0.772. The van der Waals surface area contributed by atoms with Gasteiger partial charge >= 0.3 is 0 Å². The molecule has 1 N–H and O–H groups in total. The molecule has 0 aromatic heterocycles. The van der Waals surface area contributed by atoms with Gasteiger partial charge in [-0.2, -0.15) is 0 Å². The van der Waals surface area contributed by atoms with Crippen LogP contribution in [0.3, 0.4) is 0 Å². The molecule has 2 aliphatic rings. The van der Waals surface area contributed by atoms with Gasteiger partial charge in [-0.25, -0.2) is 0 Å². The number of piperidine rings is 1. The lowest BCUT2D eigenvalue weighted by Crippen LogP contribution is -2.49. The molecule has 0 aromatic rings. The predicted octanol–water partition coefficient (Wildman–Crippen LogP) is 2.49. The molecule has 4 unspecified atom stereocenters. The molecule has 1 heterocycles. The number of hydrogen-bond acceptors (Lipinski definition) is 2. The summed E-state index contributed by atoms with van der Waals surface area (Å²) in [5.41, 5.74) is 0. The van der Waals surface area contributed by atoms with Crippen molar-refractivity contribution in [2.75, 3.05) is 19.6 Å². The molecule has 2 fully saturated rings. The average Bonchev–Trinajstić information content (AvgIpc) is 3.06. The van der Waals surface area contributed by atoms with Gasteiger partial charge in [-0.15, -0.1) is 0 Å². The first-order valence-electron chi connectivity index (χ1n) is 7.23. The number of hydrogen-bond donors (Lipinski definition) is 1. The summed E-state index contributed by atoms with van der Waals surface area (Å²) < 4.78 is 0. The van der Waals surface area contributed by atoms with Gasteiger partial charge in [0.25, 0.3) is 0 Å². The van der Waals surface area contributed by atoms with E-state index < -0.39 is 0 Å². The van der Waals surface area contributed by atoms with Crippen LogP contribution in [0, 0.1) is 11.8 Å². The molecule has 0 radical (unpaired) electrons. The molecule has 2 nitrogen and oxygen atoms in total. The Morgan fingerprint density at radius 1 is 1.31 bits per heavy atom. The zero-order chi connectivity index (χ0) is 11.5. The van der Waals surface area contributed by atoms with Crippen molar-refractivity contribution in [2.24, 2.45) is 11.8 Å². The molecule has 1 aliphatic heterocycles. The molecule has 0 aromatic carbocycles. The van der Waals surface area contributed by atoms with Crippen LogP contribution in [0.5, 0.6) is 0 Å². The summed E-state index contributed by atoms with van der Waals surface area (Å²) in [4.78, 5) is 2.75. The third-order valence-corrected chi connectivity index (χ3v) is 4.47. The average molecular weight is 224 g/mol. The Hall–Kier alpha value is -0.0800. The number of likely N-dealkylation sites (tertiary alicyclic amines) is 1. The van der Waals surface area contributed by atoms with Crippen LogP contribution in [0.4, 0.5) is 0 Å². The standard InChI is InChI=1S/C14H28N2/c1-4-7-15-13-6-8-16(10-11(13)3)14-9-12(14)5-2/h11-15H,4-10H2,1-3H3. The maximum Gasteiger partial charge on any atom is 0.0127 e. The summed E-state index contributed by atoms with van der Waals surface area (Å²) in [6.45, 7) is 10.8. The van der Waals surface area contributed by atoms with Crippen molar-refractivity contribution in [3.8, 4) is 0 Å². The Morgan fingerprint density at radius 2 is 2.12 bits per heavy atom. The molecular weight excluding hydrogens is 196 g/mol. The zero-order valence-corrected chi connectivity index (χ0v) is 11.2. The second-order valence-electron chi connectivity index (χ2n) is 5.79. The lowest BCUT2D eigenvalue weighted by molar-refractivity contribution is 0.134. The molecule has 0 bridgehead atoms. The summed E-state index contributed by atoms with van der Waals surface area (Å²) >= 11 is 0. The second-order valence-corrected chi connectivity index (χ2v) is 5.79. The van der Waals surface area contributed by atoms with E-state index in [9.17, 15) is 0 Å². The minimum Gasteiger partial charge on any atom is -0.314 e. The van der Waals surface area contributed by atoms with Crippen molar-refractivity contribution in [2.45, 2.75) is 58.5 Å². The van der Waals surface area contributed by atoms with Crippen LogP contribution in [0.15, 0.2) is 0 Å². The van der Waals surface area contributed by atoms with E-state index >= 15 is 0 Å². The van der Waals surface area contributed by atoms with Gasteiger partial charge in [0.15, 0.2) is 0 Å². The highest BCUT2D eigenvalue weighted by molar-refractivity contribution is 4.97. The Bertz CT molecular complexity index is 217. The highest BCUT2D eigenvalue weighted by Gasteiger charge is 2.42. The van der Waals surface area contributed by atoms with Crippen molar-refractivity contribution >= 4 is 0 Å². The number of nitrogens with one attached hydrogen (secondary N) is 1. The van der Waals surface area contributed by atoms with Gasteiger partial charge in [0.05, 0.1) is 0 Å². The fourth-order valence-corrected chi connectivity index (χ4v) is 3.23. The summed E-state index contributed by atoms with van der Waals surface area (Å²) in [5, 5.41) is 3.70. The van der Waals surface area contributed by atoms with E-state index in [-0.39, 0.29) is 0 Å². The summed E-state index contributed by atoms with van der Waals surface area (Å²) in [7, 11) is 0. The topological polar surface area (TPSA) is 15.3 Å². The molecule has 4 atom stereocenters. The maximum absolute atomic E-state index is 3.70. The zero-order valence-electron chi connectivity index (χ0n) is 11.2. The fraction of sp³-hybridized carbons (Fsp3) is 1.00. The SMILES string of the molecule is CCCNC1CCN(C2CC2CC)CC1C. The summed E-state index contributed by atoms with van der Waals surface area (Å²) in [6, 6.07) is 1.72. The molecule has 94 valence electrons. The van der Waals surface area contributed by atoms with Gasteiger partial charge in [-0.05, 0) is 44.2 Å². The minimum absolute atomic E-state index is 0.773. The third-order valence-electron chi connectivity index (χ3n) is 4.47. The van der Waals surface area contributed by atoms with Crippen molar-refractivity contribution in [1.29, 1.82) is 0 Å². The van der Waals surface area contributed by atoms with Gasteiger partial charge < -0.3 is 5.32 Å². The minimum atomic E-state index is 0.773. The van der Waals surface area contributed by atoms with Crippen LogP contribution < -0.4 is 5.32 Å². The van der Waals surface area contributed by atoms with E-state index in [0.717, 1.165) is 23.9 Å². The molecule has 1 saturated carbocycles. The van der Waals surface area contributed by atoms with E-state index in [1.807, 2.05) is 0 Å². The maximum atomic E-state index is 3.70. The van der Waals surface area contributed by atoms with Gasteiger partial charge in [0.1, 0.15) is 0 Å². The second kappa shape index (κ2) is 5.50. The van der Waals surface area contributed by atoms with Crippen molar-refractivity contribution in [3.05, 3.63) is 0 Å². The Labute approximate surface area is 101 Å². The highest BCUT2D eigenvalue weighted by Crippen LogP contribution is 2.39. The van der Waals surface area contributed by atoms with E-state index in [0.29, 0.717) is 0 Å². The first kappa shape index (κ1) is 12.4. The molecule has 0 spiro atoms. The van der Waals surface area contributed by atoms with Crippen LogP contribution >= 0.6 is 0 Å². The third kappa shape index (κ3) is 2.78. The first-order valence-corrected chi connectivity index (χ1v) is 7.23. The molecule has 2 rings (SSSR count). The van der Waals surface area contributed by atoms with Crippen LogP contribution in [0.2, 0.25) is 0 Å². The number of rotatable bonds is 5. The van der Waals surface area contributed by atoms with Crippen molar-refractivity contribution < 1.29 is 0 Å². The largest absolute Gasteiger partial charge is 0.314 e. The van der Waals surface area contributed by atoms with Gasteiger partial charge in [0.2, 0.25) is 0 Å². The molecule has 2 heteroatoms. The number of nitrogens with zero attached hydrogens (tertiary/aromatic N) is 1. The lowest BCUT2D eigenvalue weighted by atomic mass is 9.93. The Morgan fingerprint density at radius 3 is 2.69 bits per heavy atom. The monoisotopic (exact) mass is 224 g/mol. The van der Waals surface area contributed by atoms with Crippen LogP contribution in [0.1, 0.15) is 46.5 Å². The first-order chi connectivity index (χ1) is 7.76. The van der Waals surface area contributed by atoms with Crippen molar-refractivity contribution in [3.63, 3.8) is 0 Å². The van der Waals surface area contributed by atoms with Crippen LogP contribution in [-0.4, -0.2) is 36.6 Å². The molecule has 16 heavy (non-hydrogen) atoms.